The van der Waals surface area contributed by atoms with Gasteiger partial charge in [-0.1, -0.05) is 24.3 Å². The molecule has 1 saturated carbocycles. The maximum atomic E-state index is 11.3. The Hall–Kier alpha value is -1.33. The summed E-state index contributed by atoms with van der Waals surface area (Å²) < 4.78 is 4.67. The lowest BCUT2D eigenvalue weighted by molar-refractivity contribution is -0.142. The predicted molar refractivity (Wildman–Crippen MR) is 59.1 cm³/mol. The molecule has 0 amide bonds. The molecule has 0 bridgehead atoms. The van der Waals surface area contributed by atoms with Crippen molar-refractivity contribution in [3.05, 3.63) is 29.8 Å². The van der Waals surface area contributed by atoms with E-state index < -0.39 is 7.12 Å². The first-order valence-corrected chi connectivity index (χ1v) is 5.17. The van der Waals surface area contributed by atoms with Crippen molar-refractivity contribution in [3.63, 3.8) is 0 Å². The number of carbonyl (C=O) groups excluding carboxylic acids is 1. The Morgan fingerprint density at radius 2 is 2.25 bits per heavy atom. The Morgan fingerprint density at radius 1 is 1.50 bits per heavy atom. The lowest BCUT2D eigenvalue weighted by Crippen LogP contribution is -2.29. The Kier molecular flexibility index (Phi) is 2.98. The first-order valence-electron chi connectivity index (χ1n) is 5.17. The van der Waals surface area contributed by atoms with Crippen LogP contribution in [0.4, 0.5) is 0 Å². The van der Waals surface area contributed by atoms with Crippen LogP contribution in [0.15, 0.2) is 24.3 Å². The summed E-state index contributed by atoms with van der Waals surface area (Å²) in [5.41, 5.74) is 1.41. The summed E-state index contributed by atoms with van der Waals surface area (Å²) in [6.07, 6.45) is 0.775. The third kappa shape index (κ3) is 2.10. The number of benzene rings is 1. The highest BCUT2D eigenvalue weighted by atomic mass is 16.5. The summed E-state index contributed by atoms with van der Waals surface area (Å²) in [4.78, 5) is 11.3. The average Bonchev–Trinajstić information content (AvgIpc) is 3.08. The van der Waals surface area contributed by atoms with Crippen LogP contribution >= 0.6 is 0 Å². The van der Waals surface area contributed by atoms with Gasteiger partial charge < -0.3 is 14.8 Å². The highest BCUT2D eigenvalue weighted by Gasteiger charge is 2.45. The van der Waals surface area contributed by atoms with E-state index in [0.29, 0.717) is 5.46 Å². The van der Waals surface area contributed by atoms with Crippen molar-refractivity contribution < 1.29 is 19.6 Å². The molecule has 5 heteroatoms. The molecule has 0 aromatic heterocycles. The number of methoxy groups -OCH3 is 1. The molecule has 1 aliphatic carbocycles. The van der Waals surface area contributed by atoms with Crippen LogP contribution in [0.25, 0.3) is 0 Å². The van der Waals surface area contributed by atoms with Crippen LogP contribution < -0.4 is 5.46 Å². The van der Waals surface area contributed by atoms with Crippen molar-refractivity contribution in [1.29, 1.82) is 0 Å². The fourth-order valence-corrected chi connectivity index (χ4v) is 1.93. The summed E-state index contributed by atoms with van der Waals surface area (Å²) in [6, 6.07) is 7.01. The molecule has 1 aliphatic rings. The lowest BCUT2D eigenvalue weighted by Gasteiger charge is -2.03. The smallest absolute Gasteiger partial charge is 0.469 e. The van der Waals surface area contributed by atoms with E-state index >= 15 is 0 Å². The minimum atomic E-state index is -1.46. The SMILES string of the molecule is COC(=O)[C@@H]1C[C@H]1c1cccc(B(O)O)c1. The molecule has 2 atom stereocenters. The summed E-state index contributed by atoms with van der Waals surface area (Å²) in [5, 5.41) is 18.1. The van der Waals surface area contributed by atoms with E-state index in [9.17, 15) is 4.79 Å². The minimum absolute atomic E-state index is 0.0731. The van der Waals surface area contributed by atoms with Gasteiger partial charge in [0.15, 0.2) is 0 Å². The normalized spacial score (nSPS) is 22.7. The number of ether oxygens (including phenoxy) is 1. The van der Waals surface area contributed by atoms with Gasteiger partial charge in [-0.3, -0.25) is 4.79 Å². The maximum Gasteiger partial charge on any atom is 0.488 e. The van der Waals surface area contributed by atoms with Crippen molar-refractivity contribution in [2.24, 2.45) is 5.92 Å². The molecule has 0 saturated heterocycles. The molecule has 0 heterocycles. The van der Waals surface area contributed by atoms with Gasteiger partial charge in [-0.25, -0.2) is 0 Å². The van der Waals surface area contributed by atoms with Gasteiger partial charge in [0, 0.05) is 0 Å². The summed E-state index contributed by atoms with van der Waals surface area (Å²) in [6.45, 7) is 0. The Bertz CT molecular complexity index is 405. The first kappa shape index (κ1) is 11.2. The van der Waals surface area contributed by atoms with Crippen molar-refractivity contribution in [3.8, 4) is 0 Å². The van der Waals surface area contributed by atoms with Gasteiger partial charge in [0.25, 0.3) is 0 Å². The second-order valence-electron chi connectivity index (χ2n) is 4.02. The van der Waals surface area contributed by atoms with E-state index in [1.54, 1.807) is 18.2 Å². The molecule has 4 nitrogen and oxygen atoms in total. The van der Waals surface area contributed by atoms with Crippen LogP contribution in [0.2, 0.25) is 0 Å². The van der Waals surface area contributed by atoms with Crippen LogP contribution in [0, 0.1) is 5.92 Å². The molecule has 1 aromatic rings. The van der Waals surface area contributed by atoms with Gasteiger partial charge in [-0.05, 0) is 23.4 Å². The van der Waals surface area contributed by atoms with Gasteiger partial charge in [-0.2, -0.15) is 0 Å². The summed E-state index contributed by atoms with van der Waals surface area (Å²) in [5.74, 6) is -0.109. The molecule has 2 rings (SSSR count). The topological polar surface area (TPSA) is 66.8 Å². The molecule has 0 spiro atoms. The van der Waals surface area contributed by atoms with Crippen molar-refractivity contribution in [2.45, 2.75) is 12.3 Å². The molecule has 0 radical (unpaired) electrons. The fraction of sp³-hybridized carbons (Fsp3) is 0.364. The van der Waals surface area contributed by atoms with E-state index in [1.807, 2.05) is 6.07 Å². The molecule has 1 fully saturated rings. The van der Waals surface area contributed by atoms with Crippen LogP contribution in [0.5, 0.6) is 0 Å². The van der Waals surface area contributed by atoms with Crippen LogP contribution in [-0.2, 0) is 9.53 Å². The van der Waals surface area contributed by atoms with E-state index in [4.69, 9.17) is 10.0 Å². The number of hydrogen-bond acceptors (Lipinski definition) is 4. The van der Waals surface area contributed by atoms with E-state index in [2.05, 4.69) is 4.74 Å². The van der Waals surface area contributed by atoms with Gasteiger partial charge >= 0.3 is 13.1 Å². The molecule has 16 heavy (non-hydrogen) atoms. The number of esters is 1. The third-order valence-electron chi connectivity index (χ3n) is 2.93. The molecule has 0 aliphatic heterocycles. The molecule has 84 valence electrons. The highest BCUT2D eigenvalue weighted by Crippen LogP contribution is 2.47. The highest BCUT2D eigenvalue weighted by molar-refractivity contribution is 6.58. The fourth-order valence-electron chi connectivity index (χ4n) is 1.93. The number of hydrogen-bond donors (Lipinski definition) is 2. The van der Waals surface area contributed by atoms with E-state index in [0.717, 1.165) is 12.0 Å². The zero-order valence-corrected chi connectivity index (χ0v) is 8.96. The third-order valence-corrected chi connectivity index (χ3v) is 2.93. The van der Waals surface area contributed by atoms with E-state index in [-0.39, 0.29) is 17.8 Å². The molecular formula is C11H13BO4. The quantitative estimate of drug-likeness (QED) is 0.539. The van der Waals surface area contributed by atoms with Gasteiger partial charge in [0.1, 0.15) is 0 Å². The van der Waals surface area contributed by atoms with Crippen molar-refractivity contribution in [1.82, 2.24) is 0 Å². The van der Waals surface area contributed by atoms with Gasteiger partial charge in [0.05, 0.1) is 13.0 Å². The van der Waals surface area contributed by atoms with Gasteiger partial charge in [0.2, 0.25) is 0 Å². The summed E-state index contributed by atoms with van der Waals surface area (Å²) >= 11 is 0. The second-order valence-corrected chi connectivity index (χ2v) is 4.02. The van der Waals surface area contributed by atoms with Crippen molar-refractivity contribution in [2.75, 3.05) is 7.11 Å². The summed E-state index contributed by atoms with van der Waals surface area (Å²) in [7, 11) is -0.0821. The lowest BCUT2D eigenvalue weighted by atomic mass is 9.79. The number of carbonyl (C=O) groups is 1. The van der Waals surface area contributed by atoms with Crippen LogP contribution in [0.1, 0.15) is 17.9 Å². The first-order chi connectivity index (χ1) is 7.63. The minimum Gasteiger partial charge on any atom is -0.469 e. The number of rotatable bonds is 3. The second kappa shape index (κ2) is 4.27. The molecule has 0 unspecified atom stereocenters. The molecule has 2 N–H and O–H groups in total. The monoisotopic (exact) mass is 220 g/mol. The van der Waals surface area contributed by atoms with E-state index in [1.165, 1.54) is 7.11 Å². The zero-order valence-electron chi connectivity index (χ0n) is 8.96. The average molecular weight is 220 g/mol. The molecular weight excluding hydrogens is 207 g/mol. The Balaban J connectivity index is 2.12. The van der Waals surface area contributed by atoms with Crippen molar-refractivity contribution >= 4 is 18.6 Å². The molecule has 1 aromatic carbocycles. The Morgan fingerprint density at radius 3 is 2.88 bits per heavy atom. The van der Waals surface area contributed by atoms with Gasteiger partial charge in [-0.15, -0.1) is 0 Å². The van der Waals surface area contributed by atoms with Crippen LogP contribution in [0.3, 0.4) is 0 Å². The Labute approximate surface area is 94.0 Å². The zero-order chi connectivity index (χ0) is 11.7. The van der Waals surface area contributed by atoms with Crippen LogP contribution in [-0.4, -0.2) is 30.2 Å². The predicted octanol–water partition coefficient (Wildman–Crippen LogP) is -0.357. The largest absolute Gasteiger partial charge is 0.488 e. The standard InChI is InChI=1S/C11H13BO4/c1-16-11(13)10-6-9(10)7-3-2-4-8(5-7)12(14)15/h2-5,9-10,14-15H,6H2,1H3/t9-,10+/m0/s1. The maximum absolute atomic E-state index is 11.3.